The summed E-state index contributed by atoms with van der Waals surface area (Å²) in [5.74, 6) is -0.0460. The number of aromatic amines is 1. The zero-order valence-corrected chi connectivity index (χ0v) is 12.5. The predicted molar refractivity (Wildman–Crippen MR) is 74.3 cm³/mol. The van der Waals surface area contributed by atoms with Crippen LogP contribution in [0.15, 0.2) is 9.95 Å². The van der Waals surface area contributed by atoms with E-state index < -0.39 is 0 Å². The van der Waals surface area contributed by atoms with Gasteiger partial charge in [0.25, 0.3) is 0 Å². The molecule has 1 atom stereocenters. The van der Waals surface area contributed by atoms with Gasteiger partial charge in [-0.05, 0) is 40.5 Å². The number of nitrogens with one attached hydrogen (secondary N) is 2. The van der Waals surface area contributed by atoms with Gasteiger partial charge >= 0.3 is 5.69 Å². The first-order valence-corrected chi connectivity index (χ1v) is 7.31. The molecular formula is C12H20N4O2S. The van der Waals surface area contributed by atoms with Gasteiger partial charge in [-0.15, -0.1) is 5.10 Å². The Morgan fingerprint density at radius 3 is 2.68 bits per heavy atom. The lowest BCUT2D eigenvalue weighted by molar-refractivity contribution is -0.121. The van der Waals surface area contributed by atoms with Gasteiger partial charge in [-0.25, -0.2) is 9.89 Å². The Hall–Kier alpha value is -1.24. The van der Waals surface area contributed by atoms with Gasteiger partial charge in [0.1, 0.15) is 0 Å². The fraction of sp³-hybridized carbons (Fsp3) is 0.750. The molecule has 1 aromatic heterocycles. The summed E-state index contributed by atoms with van der Waals surface area (Å²) in [5.41, 5.74) is -0.443. The number of nitrogens with zero attached hydrogens (tertiary/aromatic N) is 2. The Balaban J connectivity index is 2.05. The summed E-state index contributed by atoms with van der Waals surface area (Å²) in [6.07, 6.45) is 2.02. The number of thioether (sulfide) groups is 1. The third kappa shape index (κ3) is 3.62. The monoisotopic (exact) mass is 284 g/mol. The van der Waals surface area contributed by atoms with Gasteiger partial charge in [0, 0.05) is 11.6 Å². The zero-order chi connectivity index (χ0) is 14.2. The Morgan fingerprint density at radius 1 is 1.53 bits per heavy atom. The molecule has 2 N–H and O–H groups in total. The first-order chi connectivity index (χ1) is 8.78. The van der Waals surface area contributed by atoms with Gasteiger partial charge in [-0.3, -0.25) is 9.36 Å². The van der Waals surface area contributed by atoms with Crippen molar-refractivity contribution in [3.8, 4) is 0 Å². The number of amides is 1. The van der Waals surface area contributed by atoms with Crippen molar-refractivity contribution in [2.45, 2.75) is 62.5 Å². The van der Waals surface area contributed by atoms with Crippen molar-refractivity contribution in [3.05, 3.63) is 10.5 Å². The molecule has 1 heterocycles. The van der Waals surface area contributed by atoms with Gasteiger partial charge in [-0.2, -0.15) is 0 Å². The van der Waals surface area contributed by atoms with Crippen LogP contribution >= 0.6 is 11.8 Å². The lowest BCUT2D eigenvalue weighted by Crippen LogP contribution is -2.44. The summed E-state index contributed by atoms with van der Waals surface area (Å²) in [5, 5.41) is 9.70. The van der Waals surface area contributed by atoms with Crippen LogP contribution in [0.5, 0.6) is 0 Å². The molecule has 7 heteroatoms. The van der Waals surface area contributed by atoms with Crippen molar-refractivity contribution in [2.75, 3.05) is 0 Å². The number of rotatable bonds is 4. The quantitative estimate of drug-likeness (QED) is 0.817. The zero-order valence-electron chi connectivity index (χ0n) is 11.7. The third-order valence-corrected chi connectivity index (χ3v) is 3.80. The van der Waals surface area contributed by atoms with E-state index in [1.54, 1.807) is 4.57 Å². The van der Waals surface area contributed by atoms with E-state index >= 15 is 0 Å². The van der Waals surface area contributed by atoms with Crippen molar-refractivity contribution < 1.29 is 4.79 Å². The largest absolute Gasteiger partial charge is 0.351 e. The number of H-pyrrole nitrogens is 1. The molecule has 0 saturated heterocycles. The molecule has 0 spiro atoms. The van der Waals surface area contributed by atoms with Crippen LogP contribution in [0.25, 0.3) is 0 Å². The molecule has 106 valence electrons. The number of hydrogen-bond donors (Lipinski definition) is 2. The number of hydrogen-bond acceptors (Lipinski definition) is 4. The SMILES string of the molecule is CC(Sc1n[nH]c(=O)n1C1CC1)C(=O)NC(C)(C)C. The molecule has 19 heavy (non-hydrogen) atoms. The minimum Gasteiger partial charge on any atom is -0.351 e. The molecular weight excluding hydrogens is 264 g/mol. The average molecular weight is 284 g/mol. The molecule has 1 aliphatic carbocycles. The fourth-order valence-corrected chi connectivity index (χ4v) is 2.64. The molecule has 1 amide bonds. The summed E-state index contributed by atoms with van der Waals surface area (Å²) in [7, 11) is 0. The molecule has 1 aromatic rings. The van der Waals surface area contributed by atoms with Gasteiger partial charge in [0.2, 0.25) is 5.91 Å². The topological polar surface area (TPSA) is 79.8 Å². The summed E-state index contributed by atoms with van der Waals surface area (Å²) in [6, 6.07) is 0.256. The number of carbonyl (C=O) groups is 1. The van der Waals surface area contributed by atoms with Gasteiger partial charge in [0.05, 0.1) is 5.25 Å². The van der Waals surface area contributed by atoms with Crippen LogP contribution in [0.1, 0.15) is 46.6 Å². The summed E-state index contributed by atoms with van der Waals surface area (Å²) in [6.45, 7) is 7.65. The van der Waals surface area contributed by atoms with Crippen molar-refractivity contribution in [1.29, 1.82) is 0 Å². The van der Waals surface area contributed by atoms with Crippen LogP contribution in [-0.4, -0.2) is 31.5 Å². The first-order valence-electron chi connectivity index (χ1n) is 6.43. The molecule has 0 aliphatic heterocycles. The molecule has 0 aromatic carbocycles. The maximum atomic E-state index is 12.0. The Morgan fingerprint density at radius 2 is 2.16 bits per heavy atom. The molecule has 0 radical (unpaired) electrons. The second kappa shape index (κ2) is 5.03. The highest BCUT2D eigenvalue weighted by Crippen LogP contribution is 2.36. The van der Waals surface area contributed by atoms with E-state index in [4.69, 9.17) is 0 Å². The smallest absolute Gasteiger partial charge is 0.344 e. The highest BCUT2D eigenvalue weighted by molar-refractivity contribution is 8.00. The minimum absolute atomic E-state index is 0.0460. The average Bonchev–Trinajstić information content (AvgIpc) is 3.02. The molecule has 1 unspecified atom stereocenters. The Labute approximate surface area is 116 Å². The molecule has 1 fully saturated rings. The molecule has 2 rings (SSSR count). The second-order valence-electron chi connectivity index (χ2n) is 5.91. The van der Waals surface area contributed by atoms with E-state index in [1.807, 2.05) is 27.7 Å². The van der Waals surface area contributed by atoms with E-state index in [9.17, 15) is 9.59 Å². The number of carbonyl (C=O) groups excluding carboxylic acids is 1. The standard InChI is InChI=1S/C12H20N4O2S/c1-7(9(17)13-12(2,3)4)19-11-15-14-10(18)16(11)8-5-6-8/h7-8H,5-6H2,1-4H3,(H,13,17)(H,14,18). The van der Waals surface area contributed by atoms with Crippen LogP contribution < -0.4 is 11.0 Å². The Kier molecular flexibility index (Phi) is 3.75. The highest BCUT2D eigenvalue weighted by atomic mass is 32.2. The van der Waals surface area contributed by atoms with Crippen molar-refractivity contribution in [1.82, 2.24) is 20.1 Å². The maximum absolute atomic E-state index is 12.0. The summed E-state index contributed by atoms with van der Waals surface area (Å²) in [4.78, 5) is 23.6. The van der Waals surface area contributed by atoms with E-state index in [2.05, 4.69) is 15.5 Å². The number of aromatic nitrogens is 3. The molecule has 1 aliphatic rings. The lowest BCUT2D eigenvalue weighted by atomic mass is 10.1. The molecule has 1 saturated carbocycles. The van der Waals surface area contributed by atoms with Crippen LogP contribution in [0.2, 0.25) is 0 Å². The van der Waals surface area contributed by atoms with Crippen LogP contribution in [-0.2, 0) is 4.79 Å². The van der Waals surface area contributed by atoms with Gasteiger partial charge in [0.15, 0.2) is 5.16 Å². The lowest BCUT2D eigenvalue weighted by Gasteiger charge is -2.22. The highest BCUT2D eigenvalue weighted by Gasteiger charge is 2.30. The van der Waals surface area contributed by atoms with E-state index in [1.165, 1.54) is 11.8 Å². The van der Waals surface area contributed by atoms with Crippen LogP contribution in [0.4, 0.5) is 0 Å². The van der Waals surface area contributed by atoms with E-state index in [0.717, 1.165) is 12.8 Å². The van der Waals surface area contributed by atoms with Gasteiger partial charge < -0.3 is 5.32 Å². The van der Waals surface area contributed by atoms with Crippen molar-refractivity contribution in [2.24, 2.45) is 0 Å². The van der Waals surface area contributed by atoms with E-state index in [-0.39, 0.29) is 28.4 Å². The van der Waals surface area contributed by atoms with Crippen LogP contribution in [0.3, 0.4) is 0 Å². The van der Waals surface area contributed by atoms with E-state index in [0.29, 0.717) is 5.16 Å². The summed E-state index contributed by atoms with van der Waals surface area (Å²) >= 11 is 1.32. The van der Waals surface area contributed by atoms with Crippen molar-refractivity contribution in [3.63, 3.8) is 0 Å². The summed E-state index contributed by atoms with van der Waals surface area (Å²) < 4.78 is 1.66. The van der Waals surface area contributed by atoms with Crippen molar-refractivity contribution >= 4 is 17.7 Å². The van der Waals surface area contributed by atoms with Gasteiger partial charge in [-0.1, -0.05) is 11.8 Å². The second-order valence-corrected chi connectivity index (χ2v) is 7.22. The van der Waals surface area contributed by atoms with Crippen LogP contribution in [0, 0.1) is 0 Å². The molecule has 6 nitrogen and oxygen atoms in total. The maximum Gasteiger partial charge on any atom is 0.344 e. The first kappa shape index (κ1) is 14.2. The normalized spacial score (nSPS) is 17.3. The minimum atomic E-state index is -0.285. The third-order valence-electron chi connectivity index (χ3n) is 2.73. The molecule has 0 bridgehead atoms. The Bertz CT molecular complexity index is 525. The fourth-order valence-electron chi connectivity index (χ4n) is 1.71. The predicted octanol–water partition coefficient (Wildman–Crippen LogP) is 1.30.